The second-order valence-electron chi connectivity index (χ2n) is 18.7. The van der Waals surface area contributed by atoms with Crippen LogP contribution in [0.3, 0.4) is 0 Å². The van der Waals surface area contributed by atoms with Crippen LogP contribution in [0.2, 0.25) is 0 Å². The van der Waals surface area contributed by atoms with Gasteiger partial charge in [-0.05, 0) is 151 Å². The van der Waals surface area contributed by atoms with E-state index < -0.39 is 0 Å². The Kier molecular flexibility index (Phi) is 7.47. The average molecular weight is 815 g/mol. The zero-order chi connectivity index (χ0) is 41.4. The van der Waals surface area contributed by atoms with Crippen LogP contribution in [0, 0.1) is 0 Å². The number of nitrogens with zero attached hydrogens (tertiary/aromatic N) is 2. The Balaban J connectivity index is 1.07. The zero-order valence-electron chi connectivity index (χ0n) is 35.4. The molecular weight excluding hydrogens is 769 g/mol. The van der Waals surface area contributed by atoms with Gasteiger partial charge in [0.1, 0.15) is 17.6 Å². The third-order valence-electron chi connectivity index (χ3n) is 14.9. The van der Waals surface area contributed by atoms with Crippen LogP contribution in [0.1, 0.15) is 78.9 Å². The first-order valence-electron chi connectivity index (χ1n) is 23.0. The van der Waals surface area contributed by atoms with Crippen molar-refractivity contribution in [1.29, 1.82) is 0 Å². The highest BCUT2D eigenvalue weighted by atomic mass is 16.5. The summed E-state index contributed by atoms with van der Waals surface area (Å²) in [6, 6.07) is 50.2. The highest BCUT2D eigenvalue weighted by Gasteiger charge is 2.45. The van der Waals surface area contributed by atoms with Gasteiger partial charge in [0, 0.05) is 38.7 Å². The second kappa shape index (κ2) is 13.2. The average Bonchev–Trinajstić information content (AvgIpc) is 4.28. The summed E-state index contributed by atoms with van der Waals surface area (Å²) in [4.78, 5) is 4.99. The van der Waals surface area contributed by atoms with Gasteiger partial charge >= 0.3 is 0 Å². The number of benzene rings is 8. The first-order chi connectivity index (χ1) is 31.1. The van der Waals surface area contributed by atoms with Gasteiger partial charge in [0.25, 0.3) is 0 Å². The fourth-order valence-electron chi connectivity index (χ4n) is 11.5. The SMILES string of the molecule is CC12C=CC=CC1Oc1c(N(c3ccccc3)c3cc(C4CC4)c4ccc5c(N(c6ccccc6)c6cccc7c8c(oc67)C=CCC8)cc(C6CC6)c6ccc3c4c65)cccc12. The lowest BCUT2D eigenvalue weighted by Gasteiger charge is -2.31. The van der Waals surface area contributed by atoms with Crippen molar-refractivity contribution >= 4 is 83.5 Å². The quantitative estimate of drug-likeness (QED) is 0.143. The highest BCUT2D eigenvalue weighted by Crippen LogP contribution is 2.58. The molecule has 0 spiro atoms. The fraction of sp³-hybridized carbons (Fsp3) is 0.186. The molecule has 4 aliphatic carbocycles. The summed E-state index contributed by atoms with van der Waals surface area (Å²) < 4.78 is 13.9. The van der Waals surface area contributed by atoms with Crippen molar-refractivity contribution in [1.82, 2.24) is 0 Å². The number of para-hydroxylation sites is 4. The number of hydrogen-bond acceptors (Lipinski definition) is 4. The van der Waals surface area contributed by atoms with Gasteiger partial charge in [-0.2, -0.15) is 0 Å². The standard InChI is InChI=1S/C59H46N2O2/c1-59-33-11-10-24-54(59)63-58-48(59)20-13-22-50(58)61(39-16-6-3-7-17-39)52-35-47(37-27-28-37)42-29-31-44-51(34-46(36-25-26-36)41-30-32-45(52)56(42)55(41)44)60(38-14-4-2-5-15-38)49-21-12-19-43-40-18-8-9-23-53(40)62-57(43)49/h2-7,9-17,19-24,29-37,54H,8,18,25-28H2,1H3. The largest absolute Gasteiger partial charge is 0.483 e. The number of anilines is 6. The lowest BCUT2D eigenvalue weighted by molar-refractivity contribution is 0.228. The van der Waals surface area contributed by atoms with Gasteiger partial charge in [-0.1, -0.05) is 109 Å². The van der Waals surface area contributed by atoms with Crippen LogP contribution in [0.25, 0.3) is 49.4 Å². The van der Waals surface area contributed by atoms with E-state index in [0.717, 1.165) is 52.7 Å². The molecule has 0 saturated heterocycles. The molecule has 9 aromatic rings. The van der Waals surface area contributed by atoms with Crippen LogP contribution in [-0.2, 0) is 11.8 Å². The maximum absolute atomic E-state index is 7.02. The Labute approximate surface area is 367 Å². The van der Waals surface area contributed by atoms with Crippen LogP contribution in [0.5, 0.6) is 5.75 Å². The molecule has 63 heavy (non-hydrogen) atoms. The van der Waals surface area contributed by atoms with E-state index in [4.69, 9.17) is 9.15 Å². The molecule has 1 aromatic heterocycles. The van der Waals surface area contributed by atoms with Crippen LogP contribution in [0.4, 0.5) is 34.1 Å². The van der Waals surface area contributed by atoms with E-state index in [-0.39, 0.29) is 11.5 Å². The lowest BCUT2D eigenvalue weighted by Crippen LogP contribution is -2.32. The van der Waals surface area contributed by atoms with Crippen molar-refractivity contribution in [2.45, 2.75) is 68.8 Å². The van der Waals surface area contributed by atoms with E-state index in [9.17, 15) is 0 Å². The van der Waals surface area contributed by atoms with Gasteiger partial charge in [-0.15, -0.1) is 0 Å². The monoisotopic (exact) mass is 814 g/mol. The molecule has 4 heteroatoms. The van der Waals surface area contributed by atoms with Crippen molar-refractivity contribution in [2.75, 3.05) is 9.80 Å². The molecule has 0 bridgehead atoms. The van der Waals surface area contributed by atoms with E-state index in [2.05, 4.69) is 187 Å². The Bertz CT molecular complexity index is 3420. The van der Waals surface area contributed by atoms with Crippen molar-refractivity contribution in [3.05, 3.63) is 192 Å². The minimum atomic E-state index is -0.236. The number of hydrogen-bond donors (Lipinski definition) is 0. The molecule has 2 atom stereocenters. The third-order valence-corrected chi connectivity index (χ3v) is 14.9. The first-order valence-corrected chi connectivity index (χ1v) is 23.0. The van der Waals surface area contributed by atoms with Gasteiger partial charge in [0.05, 0.1) is 28.2 Å². The van der Waals surface area contributed by atoms with E-state index in [1.54, 1.807) is 0 Å². The van der Waals surface area contributed by atoms with Gasteiger partial charge in [-0.3, -0.25) is 0 Å². The minimum Gasteiger partial charge on any atom is -0.483 e. The van der Waals surface area contributed by atoms with Crippen LogP contribution < -0.4 is 14.5 Å². The summed E-state index contributed by atoms with van der Waals surface area (Å²) in [5.74, 6) is 3.01. The smallest absolute Gasteiger partial charge is 0.159 e. The number of aryl methyl sites for hydroxylation is 1. The molecule has 2 saturated carbocycles. The second-order valence-corrected chi connectivity index (χ2v) is 18.7. The van der Waals surface area contributed by atoms with E-state index >= 15 is 0 Å². The summed E-state index contributed by atoms with van der Waals surface area (Å²) in [5.41, 5.74) is 13.0. The molecule has 14 rings (SSSR count). The molecule has 2 heterocycles. The Morgan fingerprint density at radius 1 is 0.571 bits per heavy atom. The normalized spacial score (nSPS) is 19.8. The topological polar surface area (TPSA) is 28.9 Å². The molecule has 0 amide bonds. The summed E-state index contributed by atoms with van der Waals surface area (Å²) in [6.45, 7) is 2.31. The van der Waals surface area contributed by atoms with Crippen molar-refractivity contribution in [3.8, 4) is 5.75 Å². The predicted octanol–water partition coefficient (Wildman–Crippen LogP) is 16.1. The van der Waals surface area contributed by atoms with E-state index in [1.807, 2.05) is 0 Å². The number of furan rings is 1. The van der Waals surface area contributed by atoms with Crippen molar-refractivity contribution < 1.29 is 9.15 Å². The number of ether oxygens (including phenoxy) is 1. The van der Waals surface area contributed by atoms with E-state index in [0.29, 0.717) is 11.8 Å². The number of fused-ring (bicyclic) bond motifs is 6. The number of allylic oxidation sites excluding steroid dienone is 3. The molecule has 0 radical (unpaired) electrons. The number of rotatable bonds is 8. The van der Waals surface area contributed by atoms with Crippen molar-refractivity contribution in [3.63, 3.8) is 0 Å². The summed E-state index contributed by atoms with van der Waals surface area (Å²) in [5, 5.41) is 9.21. The summed E-state index contributed by atoms with van der Waals surface area (Å²) in [7, 11) is 0. The molecule has 8 aromatic carbocycles. The Morgan fingerprint density at radius 2 is 1.17 bits per heavy atom. The van der Waals surface area contributed by atoms with Gasteiger partial charge < -0.3 is 19.0 Å². The summed E-state index contributed by atoms with van der Waals surface area (Å²) >= 11 is 0. The summed E-state index contributed by atoms with van der Waals surface area (Å²) in [6.07, 6.45) is 20.1. The molecule has 2 unspecified atom stereocenters. The molecule has 1 aliphatic heterocycles. The molecule has 0 N–H and O–H groups in total. The molecule has 304 valence electrons. The van der Waals surface area contributed by atoms with Gasteiger partial charge in [0.2, 0.25) is 0 Å². The third kappa shape index (κ3) is 5.21. The van der Waals surface area contributed by atoms with Gasteiger partial charge in [-0.25, -0.2) is 0 Å². The minimum absolute atomic E-state index is 0.0552. The highest BCUT2D eigenvalue weighted by molar-refractivity contribution is 6.29. The van der Waals surface area contributed by atoms with E-state index in [1.165, 1.54) is 97.0 Å². The lowest BCUT2D eigenvalue weighted by atomic mass is 9.76. The fourth-order valence-corrected chi connectivity index (χ4v) is 11.5. The Morgan fingerprint density at radius 3 is 1.83 bits per heavy atom. The zero-order valence-corrected chi connectivity index (χ0v) is 35.4. The van der Waals surface area contributed by atoms with Crippen molar-refractivity contribution in [2.24, 2.45) is 0 Å². The van der Waals surface area contributed by atoms with Crippen LogP contribution in [-0.4, -0.2) is 6.10 Å². The predicted molar refractivity (Wildman–Crippen MR) is 261 cm³/mol. The maximum Gasteiger partial charge on any atom is 0.159 e. The first kappa shape index (κ1) is 35.5. The molecule has 4 nitrogen and oxygen atoms in total. The van der Waals surface area contributed by atoms with Crippen LogP contribution >= 0.6 is 0 Å². The van der Waals surface area contributed by atoms with Gasteiger partial charge in [0.15, 0.2) is 5.58 Å². The molecule has 2 fully saturated rings. The van der Waals surface area contributed by atoms with Crippen LogP contribution in [0.15, 0.2) is 168 Å². The maximum atomic E-state index is 7.02. The molecular formula is C59H46N2O2. The molecule has 5 aliphatic rings. The Hall–Kier alpha value is -7.04.